The number of hydrogen-bond donors (Lipinski definition) is 1. The normalized spacial score (nSPS) is 11.9. The Morgan fingerprint density at radius 1 is 1.37 bits per heavy atom. The van der Waals surface area contributed by atoms with E-state index in [2.05, 4.69) is 10.3 Å². The summed E-state index contributed by atoms with van der Waals surface area (Å²) < 4.78 is 0. The van der Waals surface area contributed by atoms with Crippen LogP contribution in [0.2, 0.25) is 0 Å². The maximum absolute atomic E-state index is 10.8. The van der Waals surface area contributed by atoms with E-state index in [1.54, 1.807) is 24.5 Å². The highest BCUT2D eigenvalue weighted by Gasteiger charge is 2.11. The molecule has 5 nitrogen and oxygen atoms in total. The SMILES string of the molecule is Cc1ccc([N+](=O)[O-])cc1NC(C)c1cccnc1. The molecule has 0 amide bonds. The van der Waals surface area contributed by atoms with Crippen LogP contribution in [0, 0.1) is 17.0 Å². The third-order valence-electron chi connectivity index (χ3n) is 2.99. The van der Waals surface area contributed by atoms with Gasteiger partial charge in [-0.2, -0.15) is 0 Å². The molecule has 1 aromatic heterocycles. The summed E-state index contributed by atoms with van der Waals surface area (Å²) in [6.07, 6.45) is 3.50. The summed E-state index contributed by atoms with van der Waals surface area (Å²) in [5, 5.41) is 14.1. The minimum atomic E-state index is -0.390. The van der Waals surface area contributed by atoms with Crippen molar-refractivity contribution in [2.45, 2.75) is 19.9 Å². The number of anilines is 1. The second-order valence-electron chi connectivity index (χ2n) is 4.41. The number of rotatable bonds is 4. The Kier molecular flexibility index (Phi) is 3.75. The Bertz CT molecular complexity index is 584. The molecular formula is C14H15N3O2. The monoisotopic (exact) mass is 257 g/mol. The zero-order chi connectivity index (χ0) is 13.8. The Labute approximate surface area is 111 Å². The van der Waals surface area contributed by atoms with Gasteiger partial charge in [-0.1, -0.05) is 12.1 Å². The van der Waals surface area contributed by atoms with Gasteiger partial charge in [0.2, 0.25) is 0 Å². The minimum absolute atomic E-state index is 0.0365. The summed E-state index contributed by atoms with van der Waals surface area (Å²) in [7, 11) is 0. The summed E-state index contributed by atoms with van der Waals surface area (Å²) in [6.45, 7) is 3.91. The highest BCUT2D eigenvalue weighted by molar-refractivity contribution is 5.57. The summed E-state index contributed by atoms with van der Waals surface area (Å²) in [4.78, 5) is 14.5. The van der Waals surface area contributed by atoms with Crippen molar-refractivity contribution >= 4 is 11.4 Å². The van der Waals surface area contributed by atoms with Crippen LogP contribution >= 0.6 is 0 Å². The molecule has 98 valence electrons. The van der Waals surface area contributed by atoms with Crippen molar-refractivity contribution in [1.82, 2.24) is 4.98 Å². The zero-order valence-corrected chi connectivity index (χ0v) is 10.8. The molecule has 2 rings (SSSR count). The van der Waals surface area contributed by atoms with E-state index in [1.807, 2.05) is 26.0 Å². The predicted octanol–water partition coefficient (Wildman–Crippen LogP) is 3.47. The van der Waals surface area contributed by atoms with Gasteiger partial charge in [0.25, 0.3) is 5.69 Å². The fraction of sp³-hybridized carbons (Fsp3) is 0.214. The lowest BCUT2D eigenvalue weighted by Gasteiger charge is -2.16. The van der Waals surface area contributed by atoms with Crippen LogP contribution in [0.5, 0.6) is 0 Å². The molecule has 0 saturated carbocycles. The number of nitro benzene ring substituents is 1. The fourth-order valence-electron chi connectivity index (χ4n) is 1.83. The predicted molar refractivity (Wildman–Crippen MR) is 74.1 cm³/mol. The smallest absolute Gasteiger partial charge is 0.271 e. The number of aryl methyl sites for hydroxylation is 1. The number of non-ortho nitro benzene ring substituents is 1. The van der Waals surface area contributed by atoms with Gasteiger partial charge in [-0.15, -0.1) is 0 Å². The molecule has 0 saturated heterocycles. The van der Waals surface area contributed by atoms with Crippen LogP contribution < -0.4 is 5.32 Å². The van der Waals surface area contributed by atoms with Gasteiger partial charge in [0, 0.05) is 30.2 Å². The first kappa shape index (κ1) is 13.0. The quantitative estimate of drug-likeness (QED) is 0.672. The molecule has 1 N–H and O–H groups in total. The largest absolute Gasteiger partial charge is 0.378 e. The van der Waals surface area contributed by atoms with E-state index < -0.39 is 0 Å². The molecular weight excluding hydrogens is 242 g/mol. The molecule has 19 heavy (non-hydrogen) atoms. The van der Waals surface area contributed by atoms with E-state index in [0.717, 1.165) is 16.8 Å². The summed E-state index contributed by atoms with van der Waals surface area (Å²) in [5.41, 5.74) is 2.87. The average Bonchev–Trinajstić information content (AvgIpc) is 2.42. The number of aromatic nitrogens is 1. The van der Waals surface area contributed by atoms with Gasteiger partial charge in [-0.25, -0.2) is 0 Å². The van der Waals surface area contributed by atoms with E-state index in [-0.39, 0.29) is 16.7 Å². The molecule has 1 heterocycles. The Balaban J connectivity index is 2.23. The van der Waals surface area contributed by atoms with E-state index in [9.17, 15) is 10.1 Å². The van der Waals surface area contributed by atoms with Crippen molar-refractivity contribution in [2.75, 3.05) is 5.32 Å². The molecule has 0 aliphatic heterocycles. The first-order valence-corrected chi connectivity index (χ1v) is 5.99. The van der Waals surface area contributed by atoms with Crippen LogP contribution in [0.15, 0.2) is 42.7 Å². The first-order valence-electron chi connectivity index (χ1n) is 5.99. The molecule has 5 heteroatoms. The number of pyridine rings is 1. The Hall–Kier alpha value is -2.43. The van der Waals surface area contributed by atoms with Crippen molar-refractivity contribution in [3.63, 3.8) is 0 Å². The van der Waals surface area contributed by atoms with Crippen molar-refractivity contribution in [2.24, 2.45) is 0 Å². The van der Waals surface area contributed by atoms with Crippen molar-refractivity contribution < 1.29 is 4.92 Å². The van der Waals surface area contributed by atoms with Crippen molar-refractivity contribution in [1.29, 1.82) is 0 Å². The standard InChI is InChI=1S/C14H15N3O2/c1-10-5-6-13(17(18)19)8-14(10)16-11(2)12-4-3-7-15-9-12/h3-9,11,16H,1-2H3. The molecule has 2 aromatic rings. The Morgan fingerprint density at radius 2 is 2.16 bits per heavy atom. The van der Waals surface area contributed by atoms with Crippen LogP contribution in [0.4, 0.5) is 11.4 Å². The van der Waals surface area contributed by atoms with Gasteiger partial charge in [0.05, 0.1) is 11.0 Å². The highest BCUT2D eigenvalue weighted by atomic mass is 16.6. The van der Waals surface area contributed by atoms with Crippen LogP contribution in [-0.4, -0.2) is 9.91 Å². The van der Waals surface area contributed by atoms with Crippen LogP contribution in [0.25, 0.3) is 0 Å². The molecule has 0 aliphatic carbocycles. The minimum Gasteiger partial charge on any atom is -0.378 e. The lowest BCUT2D eigenvalue weighted by Crippen LogP contribution is -2.08. The molecule has 1 aromatic carbocycles. The summed E-state index contributed by atoms with van der Waals surface area (Å²) in [6, 6.07) is 8.69. The summed E-state index contributed by atoms with van der Waals surface area (Å²) in [5.74, 6) is 0. The van der Waals surface area contributed by atoms with Crippen LogP contribution in [0.3, 0.4) is 0 Å². The number of nitro groups is 1. The van der Waals surface area contributed by atoms with E-state index >= 15 is 0 Å². The first-order chi connectivity index (χ1) is 9.08. The number of nitrogens with zero attached hydrogens (tertiary/aromatic N) is 2. The topological polar surface area (TPSA) is 68.1 Å². The van der Waals surface area contributed by atoms with E-state index in [4.69, 9.17) is 0 Å². The molecule has 0 bridgehead atoms. The lowest BCUT2D eigenvalue weighted by molar-refractivity contribution is -0.384. The second kappa shape index (κ2) is 5.48. The third-order valence-corrected chi connectivity index (χ3v) is 2.99. The summed E-state index contributed by atoms with van der Waals surface area (Å²) >= 11 is 0. The maximum atomic E-state index is 10.8. The van der Waals surface area contributed by atoms with E-state index in [0.29, 0.717) is 0 Å². The molecule has 1 atom stereocenters. The van der Waals surface area contributed by atoms with Gasteiger partial charge in [0.15, 0.2) is 0 Å². The van der Waals surface area contributed by atoms with E-state index in [1.165, 1.54) is 6.07 Å². The van der Waals surface area contributed by atoms with Gasteiger partial charge >= 0.3 is 0 Å². The maximum Gasteiger partial charge on any atom is 0.271 e. The third kappa shape index (κ3) is 3.07. The number of benzene rings is 1. The van der Waals surface area contributed by atoms with Gasteiger partial charge < -0.3 is 5.32 Å². The van der Waals surface area contributed by atoms with Crippen LogP contribution in [0.1, 0.15) is 24.1 Å². The van der Waals surface area contributed by atoms with Crippen molar-refractivity contribution in [3.05, 3.63) is 64.0 Å². The highest BCUT2D eigenvalue weighted by Crippen LogP contribution is 2.25. The number of hydrogen-bond acceptors (Lipinski definition) is 4. The van der Waals surface area contributed by atoms with Gasteiger partial charge in [0.1, 0.15) is 0 Å². The fourth-order valence-corrected chi connectivity index (χ4v) is 1.83. The zero-order valence-electron chi connectivity index (χ0n) is 10.8. The van der Waals surface area contributed by atoms with Crippen molar-refractivity contribution in [3.8, 4) is 0 Å². The Morgan fingerprint density at radius 3 is 2.79 bits per heavy atom. The lowest BCUT2D eigenvalue weighted by atomic mass is 10.1. The molecule has 0 radical (unpaired) electrons. The molecule has 1 unspecified atom stereocenters. The van der Waals surface area contributed by atoms with Gasteiger partial charge in [-0.3, -0.25) is 15.1 Å². The number of nitrogens with one attached hydrogen (secondary N) is 1. The molecule has 0 aliphatic rings. The second-order valence-corrected chi connectivity index (χ2v) is 4.41. The van der Waals surface area contributed by atoms with Crippen LogP contribution in [-0.2, 0) is 0 Å². The van der Waals surface area contributed by atoms with Gasteiger partial charge in [-0.05, 0) is 31.0 Å². The molecule has 0 fully saturated rings. The average molecular weight is 257 g/mol. The molecule has 0 spiro atoms.